The number of benzene rings is 2. The number of rotatable bonds is 3. The van der Waals surface area contributed by atoms with E-state index in [0.29, 0.717) is 16.9 Å². The molecule has 6 nitrogen and oxygen atoms in total. The Labute approximate surface area is 158 Å². The number of amides is 2. The molecule has 2 aromatic carbocycles. The minimum Gasteiger partial charge on any atom is -0.452 e. The van der Waals surface area contributed by atoms with Crippen molar-refractivity contribution < 1.29 is 19.1 Å². The van der Waals surface area contributed by atoms with Gasteiger partial charge in [0.1, 0.15) is 0 Å². The minimum absolute atomic E-state index is 0.155. The van der Waals surface area contributed by atoms with Crippen LogP contribution in [0.2, 0.25) is 0 Å². The molecule has 3 rings (SSSR count). The maximum absolute atomic E-state index is 12.8. The Bertz CT molecular complexity index is 907. The van der Waals surface area contributed by atoms with Crippen molar-refractivity contribution in [1.29, 1.82) is 0 Å². The third kappa shape index (κ3) is 4.00. The molecule has 27 heavy (non-hydrogen) atoms. The maximum atomic E-state index is 12.8. The quantitative estimate of drug-likeness (QED) is 0.847. The summed E-state index contributed by atoms with van der Waals surface area (Å²) in [4.78, 5) is 38.7. The first-order chi connectivity index (χ1) is 12.9. The molecule has 1 atom stereocenters. The third-order valence-corrected chi connectivity index (χ3v) is 4.56. The lowest BCUT2D eigenvalue weighted by atomic mass is 10.1. The number of para-hydroxylation sites is 2. The molecule has 1 heterocycles. The molecule has 1 aliphatic rings. The van der Waals surface area contributed by atoms with Crippen molar-refractivity contribution in [2.45, 2.75) is 33.2 Å². The zero-order valence-corrected chi connectivity index (χ0v) is 15.6. The highest BCUT2D eigenvalue weighted by molar-refractivity contribution is 6.05. The summed E-state index contributed by atoms with van der Waals surface area (Å²) >= 11 is 0. The molecule has 0 bridgehead atoms. The van der Waals surface area contributed by atoms with Crippen molar-refractivity contribution in [3.63, 3.8) is 0 Å². The molecule has 1 N–H and O–H groups in total. The lowest BCUT2D eigenvalue weighted by Gasteiger charge is -2.27. The van der Waals surface area contributed by atoms with E-state index in [1.165, 1.54) is 4.90 Å². The van der Waals surface area contributed by atoms with E-state index in [2.05, 4.69) is 5.32 Å². The van der Waals surface area contributed by atoms with Gasteiger partial charge in [0, 0.05) is 12.5 Å². The van der Waals surface area contributed by atoms with E-state index in [0.717, 1.165) is 11.1 Å². The van der Waals surface area contributed by atoms with Gasteiger partial charge in [0.25, 0.3) is 5.91 Å². The summed E-state index contributed by atoms with van der Waals surface area (Å²) in [5.74, 6) is -1.06. The number of nitrogens with zero attached hydrogens (tertiary/aromatic N) is 1. The second kappa shape index (κ2) is 7.61. The van der Waals surface area contributed by atoms with Crippen molar-refractivity contribution >= 4 is 29.2 Å². The number of hydrogen-bond donors (Lipinski definition) is 1. The molecule has 2 aromatic rings. The lowest BCUT2D eigenvalue weighted by molar-refractivity contribution is -0.122. The van der Waals surface area contributed by atoms with Gasteiger partial charge in [0.05, 0.1) is 16.9 Å². The van der Waals surface area contributed by atoms with E-state index >= 15 is 0 Å². The molecule has 2 amide bonds. The van der Waals surface area contributed by atoms with Gasteiger partial charge in [-0.15, -0.1) is 0 Å². The molecule has 0 radical (unpaired) electrons. The average Bonchev–Trinajstić information content (AvgIpc) is 2.73. The van der Waals surface area contributed by atoms with Gasteiger partial charge in [0.2, 0.25) is 5.91 Å². The molecular formula is C21H22N2O4. The van der Waals surface area contributed by atoms with Crippen molar-refractivity contribution in [2.24, 2.45) is 0 Å². The number of aryl methyl sites for hydroxylation is 2. The Morgan fingerprint density at radius 2 is 1.93 bits per heavy atom. The molecule has 0 saturated heterocycles. The van der Waals surface area contributed by atoms with E-state index in [4.69, 9.17) is 4.74 Å². The van der Waals surface area contributed by atoms with E-state index in [-0.39, 0.29) is 30.9 Å². The Morgan fingerprint density at radius 3 is 2.67 bits per heavy atom. The molecule has 1 aliphatic heterocycles. The van der Waals surface area contributed by atoms with Gasteiger partial charge < -0.3 is 15.0 Å². The SMILES string of the molecule is Cc1ccc(C(=O)OCC(=O)N2c3ccccc3NC(=O)CC2C)c(C)c1. The van der Waals surface area contributed by atoms with Crippen LogP contribution in [0.25, 0.3) is 0 Å². The van der Waals surface area contributed by atoms with Crippen LogP contribution >= 0.6 is 0 Å². The Morgan fingerprint density at radius 1 is 1.19 bits per heavy atom. The van der Waals surface area contributed by atoms with Crippen LogP contribution < -0.4 is 10.2 Å². The summed E-state index contributed by atoms with van der Waals surface area (Å²) in [5, 5.41) is 2.80. The number of carbonyl (C=O) groups excluding carboxylic acids is 3. The summed E-state index contributed by atoms with van der Waals surface area (Å²) in [7, 11) is 0. The van der Waals surface area contributed by atoms with Crippen LogP contribution in [0.1, 0.15) is 34.8 Å². The van der Waals surface area contributed by atoms with Crippen LogP contribution in [-0.2, 0) is 14.3 Å². The molecule has 0 spiro atoms. The van der Waals surface area contributed by atoms with Crippen molar-refractivity contribution in [3.8, 4) is 0 Å². The van der Waals surface area contributed by atoms with Gasteiger partial charge in [-0.05, 0) is 44.5 Å². The number of hydrogen-bond acceptors (Lipinski definition) is 4. The zero-order valence-electron chi connectivity index (χ0n) is 15.6. The predicted molar refractivity (Wildman–Crippen MR) is 103 cm³/mol. The first-order valence-corrected chi connectivity index (χ1v) is 8.82. The normalized spacial score (nSPS) is 16.2. The number of anilines is 2. The van der Waals surface area contributed by atoms with E-state index in [9.17, 15) is 14.4 Å². The Hall–Kier alpha value is -3.15. The summed E-state index contributed by atoms with van der Waals surface area (Å²) < 4.78 is 5.26. The monoisotopic (exact) mass is 366 g/mol. The number of carbonyl (C=O) groups is 3. The van der Waals surface area contributed by atoms with E-state index in [1.807, 2.05) is 26.0 Å². The van der Waals surface area contributed by atoms with Gasteiger partial charge in [-0.2, -0.15) is 0 Å². The first kappa shape index (κ1) is 18.6. The van der Waals surface area contributed by atoms with Gasteiger partial charge in [-0.25, -0.2) is 4.79 Å². The van der Waals surface area contributed by atoms with Crippen LogP contribution in [-0.4, -0.2) is 30.4 Å². The van der Waals surface area contributed by atoms with E-state index in [1.54, 1.807) is 37.3 Å². The summed E-state index contributed by atoms with van der Waals surface area (Å²) in [6.07, 6.45) is 0.172. The molecule has 0 fully saturated rings. The van der Waals surface area contributed by atoms with Crippen LogP contribution in [0, 0.1) is 13.8 Å². The van der Waals surface area contributed by atoms with Gasteiger partial charge >= 0.3 is 5.97 Å². The summed E-state index contributed by atoms with van der Waals surface area (Å²) in [6, 6.07) is 12.2. The van der Waals surface area contributed by atoms with Crippen LogP contribution in [0.15, 0.2) is 42.5 Å². The minimum atomic E-state index is -0.536. The van der Waals surface area contributed by atoms with Gasteiger partial charge in [0.15, 0.2) is 6.61 Å². The van der Waals surface area contributed by atoms with Crippen molar-refractivity contribution in [3.05, 3.63) is 59.2 Å². The summed E-state index contributed by atoms with van der Waals surface area (Å²) in [6.45, 7) is 5.18. The highest BCUT2D eigenvalue weighted by atomic mass is 16.5. The molecule has 140 valence electrons. The molecule has 0 aromatic heterocycles. The topological polar surface area (TPSA) is 75.7 Å². The second-order valence-corrected chi connectivity index (χ2v) is 6.78. The smallest absolute Gasteiger partial charge is 0.338 e. The van der Waals surface area contributed by atoms with Gasteiger partial charge in [-0.1, -0.05) is 29.8 Å². The zero-order chi connectivity index (χ0) is 19.6. The molecular weight excluding hydrogens is 344 g/mol. The molecule has 6 heteroatoms. The van der Waals surface area contributed by atoms with Crippen molar-refractivity contribution in [2.75, 3.05) is 16.8 Å². The number of fused-ring (bicyclic) bond motifs is 1. The van der Waals surface area contributed by atoms with Crippen LogP contribution in [0.5, 0.6) is 0 Å². The predicted octanol–water partition coefficient (Wildman–Crippen LogP) is 3.22. The van der Waals surface area contributed by atoms with Gasteiger partial charge in [-0.3, -0.25) is 9.59 Å². The number of esters is 1. The molecule has 1 unspecified atom stereocenters. The van der Waals surface area contributed by atoms with Crippen molar-refractivity contribution in [1.82, 2.24) is 0 Å². The van der Waals surface area contributed by atoms with Crippen LogP contribution in [0.3, 0.4) is 0 Å². The second-order valence-electron chi connectivity index (χ2n) is 6.78. The average molecular weight is 366 g/mol. The third-order valence-electron chi connectivity index (χ3n) is 4.56. The molecule has 0 aliphatic carbocycles. The standard InChI is InChI=1S/C21H22N2O4/c1-13-8-9-16(14(2)10-13)21(26)27-12-20(25)23-15(3)11-19(24)22-17-6-4-5-7-18(17)23/h4-10,15H,11-12H2,1-3H3,(H,22,24). The molecule has 0 saturated carbocycles. The Balaban J connectivity index is 1.77. The maximum Gasteiger partial charge on any atom is 0.338 e. The fraction of sp³-hybridized carbons (Fsp3) is 0.286. The fourth-order valence-corrected chi connectivity index (χ4v) is 3.29. The highest BCUT2D eigenvalue weighted by Gasteiger charge is 2.30. The lowest BCUT2D eigenvalue weighted by Crippen LogP contribution is -2.41. The first-order valence-electron chi connectivity index (χ1n) is 8.82. The number of nitrogens with one attached hydrogen (secondary N) is 1. The van der Waals surface area contributed by atoms with Crippen LogP contribution in [0.4, 0.5) is 11.4 Å². The Kier molecular flexibility index (Phi) is 5.26. The number of ether oxygens (including phenoxy) is 1. The highest BCUT2D eigenvalue weighted by Crippen LogP contribution is 2.31. The fourth-order valence-electron chi connectivity index (χ4n) is 3.29. The largest absolute Gasteiger partial charge is 0.452 e. The van der Waals surface area contributed by atoms with E-state index < -0.39 is 5.97 Å². The summed E-state index contributed by atoms with van der Waals surface area (Å²) in [5.41, 5.74) is 3.46.